The number of methoxy groups -OCH3 is 1. The Bertz CT molecular complexity index is 955. The van der Waals surface area contributed by atoms with E-state index in [1.807, 2.05) is 24.8 Å². The van der Waals surface area contributed by atoms with E-state index in [9.17, 15) is 9.18 Å². The maximum atomic E-state index is 13.5. The number of hydrogen-bond donors (Lipinski definition) is 0. The van der Waals surface area contributed by atoms with Gasteiger partial charge < -0.3 is 9.64 Å². The number of halogens is 2. The highest BCUT2D eigenvalue weighted by Crippen LogP contribution is 2.42. The van der Waals surface area contributed by atoms with Crippen molar-refractivity contribution in [3.8, 4) is 5.75 Å². The molecule has 2 aromatic rings. The van der Waals surface area contributed by atoms with Crippen molar-refractivity contribution in [1.82, 2.24) is 4.90 Å². The lowest BCUT2D eigenvalue weighted by Gasteiger charge is -2.21. The highest BCUT2D eigenvalue weighted by atomic mass is 35.5. The quantitative estimate of drug-likeness (QED) is 0.451. The fraction of sp³-hybridized carbons (Fsp3) is 0.190. The second-order valence-electron chi connectivity index (χ2n) is 6.15. The molecule has 0 N–H and O–H groups in total. The van der Waals surface area contributed by atoms with E-state index in [1.54, 1.807) is 30.3 Å². The summed E-state index contributed by atoms with van der Waals surface area (Å²) in [7, 11) is 1.52. The molecular formula is C21H19ClFNO2S. The molecule has 0 fully saturated rings. The topological polar surface area (TPSA) is 29.5 Å². The Hall–Kier alpha value is -2.24. The van der Waals surface area contributed by atoms with E-state index in [2.05, 4.69) is 0 Å². The lowest BCUT2D eigenvalue weighted by atomic mass is 10.1. The van der Waals surface area contributed by atoms with Gasteiger partial charge in [0.2, 0.25) is 0 Å². The van der Waals surface area contributed by atoms with E-state index in [-0.39, 0.29) is 11.6 Å². The van der Waals surface area contributed by atoms with E-state index < -0.39 is 0 Å². The van der Waals surface area contributed by atoms with Crippen LogP contribution in [0, 0.1) is 5.82 Å². The van der Waals surface area contributed by atoms with Crippen LogP contribution in [0.5, 0.6) is 5.75 Å². The van der Waals surface area contributed by atoms with Crippen LogP contribution in [0.4, 0.5) is 4.39 Å². The molecule has 0 atom stereocenters. The van der Waals surface area contributed by atoms with Gasteiger partial charge in [-0.1, -0.05) is 35.5 Å². The van der Waals surface area contributed by atoms with Gasteiger partial charge in [-0.25, -0.2) is 4.39 Å². The van der Waals surface area contributed by atoms with Crippen LogP contribution in [0.2, 0.25) is 5.02 Å². The number of rotatable bonds is 5. The maximum absolute atomic E-state index is 13.5. The van der Waals surface area contributed by atoms with Crippen molar-refractivity contribution < 1.29 is 13.9 Å². The zero-order chi connectivity index (χ0) is 19.6. The summed E-state index contributed by atoms with van der Waals surface area (Å²) < 4.78 is 18.8. The van der Waals surface area contributed by atoms with Crippen LogP contribution in [-0.4, -0.2) is 17.8 Å². The van der Waals surface area contributed by atoms with Crippen LogP contribution < -0.4 is 4.74 Å². The molecule has 6 heteroatoms. The average Bonchev–Trinajstić information content (AvgIpc) is 2.89. The molecule has 3 nitrogen and oxygen atoms in total. The number of ketones is 1. The smallest absolute Gasteiger partial charge is 0.192 e. The molecular weight excluding hydrogens is 385 g/mol. The highest BCUT2D eigenvalue weighted by Gasteiger charge is 2.24. The molecule has 27 heavy (non-hydrogen) atoms. The van der Waals surface area contributed by atoms with Gasteiger partial charge in [-0.15, -0.1) is 0 Å². The number of allylic oxidation sites excluding steroid dienone is 3. The van der Waals surface area contributed by atoms with Gasteiger partial charge in [-0.05, 0) is 49.7 Å². The van der Waals surface area contributed by atoms with Crippen LogP contribution in [-0.2, 0) is 6.54 Å². The molecule has 140 valence electrons. The van der Waals surface area contributed by atoms with E-state index >= 15 is 0 Å². The Morgan fingerprint density at radius 2 is 2.04 bits per heavy atom. The molecule has 0 amide bonds. The zero-order valence-electron chi connectivity index (χ0n) is 15.3. The van der Waals surface area contributed by atoms with Crippen molar-refractivity contribution in [2.45, 2.75) is 20.4 Å². The molecule has 0 saturated heterocycles. The summed E-state index contributed by atoms with van der Waals surface area (Å²) in [5, 5.41) is 1.26. The first-order valence-electron chi connectivity index (χ1n) is 8.36. The lowest BCUT2D eigenvalue weighted by molar-refractivity contribution is 0.104. The average molecular weight is 404 g/mol. The predicted octanol–water partition coefficient (Wildman–Crippen LogP) is 6.01. The summed E-state index contributed by atoms with van der Waals surface area (Å²) in [5.74, 6) is 0.00824. The molecule has 3 rings (SSSR count). The lowest BCUT2D eigenvalue weighted by Crippen LogP contribution is -2.17. The summed E-state index contributed by atoms with van der Waals surface area (Å²) in [5.41, 5.74) is 2.29. The van der Waals surface area contributed by atoms with Crippen molar-refractivity contribution in [1.29, 1.82) is 0 Å². The minimum Gasteiger partial charge on any atom is -0.496 e. The fourth-order valence-electron chi connectivity index (χ4n) is 2.83. The molecule has 0 spiro atoms. The Kier molecular flexibility index (Phi) is 5.92. The first kappa shape index (κ1) is 19.5. The summed E-state index contributed by atoms with van der Waals surface area (Å²) in [4.78, 5) is 16.0. The minimum absolute atomic E-state index is 0.191. The number of thioether (sulfide) groups is 1. The Balaban J connectivity index is 1.92. The van der Waals surface area contributed by atoms with Crippen LogP contribution in [0.3, 0.4) is 0 Å². The van der Waals surface area contributed by atoms with Crippen molar-refractivity contribution in [3.63, 3.8) is 0 Å². The molecule has 0 unspecified atom stereocenters. The normalized spacial score (nSPS) is 15.6. The van der Waals surface area contributed by atoms with Gasteiger partial charge in [0.05, 0.1) is 17.7 Å². The standard InChI is InChI=1S/C21H19ClFNO2S/c1-13-14(2)27-21(24(13)12-15-5-4-6-17(23)9-15)11-19(25)18-10-16(22)7-8-20(18)26-3/h4-11H,12H2,1-3H3/b21-11-. The molecule has 0 bridgehead atoms. The number of benzene rings is 2. The molecule has 0 radical (unpaired) electrons. The van der Waals surface area contributed by atoms with Crippen molar-refractivity contribution in [2.24, 2.45) is 0 Å². The first-order valence-corrected chi connectivity index (χ1v) is 9.55. The number of hydrogen-bond acceptors (Lipinski definition) is 4. The van der Waals surface area contributed by atoms with Crippen LogP contribution in [0.25, 0.3) is 0 Å². The fourth-order valence-corrected chi connectivity index (χ4v) is 4.05. The number of carbonyl (C=O) groups excluding carboxylic acids is 1. The summed E-state index contributed by atoms with van der Waals surface area (Å²) in [6, 6.07) is 11.4. The SMILES string of the molecule is COc1ccc(Cl)cc1C(=O)/C=C1\SC(C)=C(C)N1Cc1cccc(F)c1. The third-order valence-electron chi connectivity index (χ3n) is 4.35. The van der Waals surface area contributed by atoms with Crippen LogP contribution in [0.15, 0.2) is 64.2 Å². The molecule has 1 aliphatic rings. The van der Waals surface area contributed by atoms with Gasteiger partial charge in [0.25, 0.3) is 0 Å². The van der Waals surface area contributed by atoms with Gasteiger partial charge in [-0.3, -0.25) is 4.79 Å². The highest BCUT2D eigenvalue weighted by molar-refractivity contribution is 8.06. The van der Waals surface area contributed by atoms with Gasteiger partial charge in [0.15, 0.2) is 5.78 Å². The predicted molar refractivity (Wildman–Crippen MR) is 108 cm³/mol. The Morgan fingerprint density at radius 1 is 1.26 bits per heavy atom. The van der Waals surface area contributed by atoms with Gasteiger partial charge in [0, 0.05) is 28.2 Å². The Morgan fingerprint density at radius 3 is 2.74 bits per heavy atom. The summed E-state index contributed by atoms with van der Waals surface area (Å²) in [6.45, 7) is 4.48. The van der Waals surface area contributed by atoms with E-state index in [1.165, 1.54) is 31.0 Å². The Labute approximate surface area is 167 Å². The molecule has 0 saturated carbocycles. The summed E-state index contributed by atoms with van der Waals surface area (Å²) in [6.07, 6.45) is 1.58. The number of carbonyl (C=O) groups is 1. The third kappa shape index (κ3) is 4.37. The van der Waals surface area contributed by atoms with Crippen LogP contribution in [0.1, 0.15) is 29.8 Å². The second-order valence-corrected chi connectivity index (χ2v) is 7.82. The molecule has 1 aliphatic heterocycles. The number of ether oxygens (including phenoxy) is 1. The van der Waals surface area contributed by atoms with Crippen molar-refractivity contribution in [3.05, 3.63) is 86.1 Å². The molecule has 1 heterocycles. The largest absolute Gasteiger partial charge is 0.496 e. The van der Waals surface area contributed by atoms with Gasteiger partial charge >= 0.3 is 0 Å². The second kappa shape index (κ2) is 8.19. The first-order chi connectivity index (χ1) is 12.9. The monoisotopic (exact) mass is 403 g/mol. The van der Waals surface area contributed by atoms with Gasteiger partial charge in [0.1, 0.15) is 11.6 Å². The van der Waals surface area contributed by atoms with E-state index in [0.717, 1.165) is 21.2 Å². The van der Waals surface area contributed by atoms with E-state index in [4.69, 9.17) is 16.3 Å². The van der Waals surface area contributed by atoms with Crippen molar-refractivity contribution in [2.75, 3.05) is 7.11 Å². The molecule has 0 aromatic heterocycles. The minimum atomic E-state index is -0.275. The zero-order valence-corrected chi connectivity index (χ0v) is 16.8. The van der Waals surface area contributed by atoms with Gasteiger partial charge in [-0.2, -0.15) is 0 Å². The maximum Gasteiger partial charge on any atom is 0.192 e. The van der Waals surface area contributed by atoms with E-state index in [0.29, 0.717) is 22.9 Å². The van der Waals surface area contributed by atoms with Crippen LogP contribution >= 0.6 is 23.4 Å². The third-order valence-corrected chi connectivity index (χ3v) is 5.73. The van der Waals surface area contributed by atoms with Crippen molar-refractivity contribution >= 4 is 29.1 Å². The molecule has 0 aliphatic carbocycles. The molecule has 2 aromatic carbocycles. The number of nitrogens with zero attached hydrogens (tertiary/aromatic N) is 1. The summed E-state index contributed by atoms with van der Waals surface area (Å²) >= 11 is 7.57.